The number of aliphatic carboxylic acids is 1. The summed E-state index contributed by atoms with van der Waals surface area (Å²) < 4.78 is 0. The molecule has 2 aromatic carbocycles. The number of thioether (sulfide) groups is 2. The van der Waals surface area contributed by atoms with Crippen LogP contribution in [0.1, 0.15) is 87.2 Å². The van der Waals surface area contributed by atoms with Crippen molar-refractivity contribution in [2.24, 2.45) is 11.8 Å². The van der Waals surface area contributed by atoms with Crippen molar-refractivity contribution in [3.63, 3.8) is 0 Å². The van der Waals surface area contributed by atoms with Crippen LogP contribution in [-0.2, 0) is 11.3 Å². The predicted molar refractivity (Wildman–Crippen MR) is 182 cm³/mol. The van der Waals surface area contributed by atoms with E-state index in [0.717, 1.165) is 47.2 Å². The molecule has 0 aliphatic heterocycles. The molecule has 42 heavy (non-hydrogen) atoms. The molecule has 1 aliphatic rings. The third-order valence-corrected chi connectivity index (χ3v) is 10.00. The minimum atomic E-state index is -0.996. The Hall–Kier alpha value is -1.96. The van der Waals surface area contributed by atoms with E-state index in [-0.39, 0.29) is 5.91 Å². The second-order valence-corrected chi connectivity index (χ2v) is 14.5. The third-order valence-electron chi connectivity index (χ3n) is 8.32. The summed E-state index contributed by atoms with van der Waals surface area (Å²) in [6, 6.07) is 13.9. The first-order valence-electron chi connectivity index (χ1n) is 15.8. The fraction of sp³-hybridized carbons (Fsp3) is 0.600. The van der Waals surface area contributed by atoms with Gasteiger partial charge in [-0.3, -0.25) is 9.69 Å². The van der Waals surface area contributed by atoms with E-state index in [0.29, 0.717) is 29.7 Å². The van der Waals surface area contributed by atoms with Crippen LogP contribution in [0.3, 0.4) is 0 Å². The molecule has 1 fully saturated rings. The number of nitrogens with zero attached hydrogens (tertiary/aromatic N) is 1. The first-order chi connectivity index (χ1) is 20.2. The molecule has 0 saturated heterocycles. The summed E-state index contributed by atoms with van der Waals surface area (Å²) in [7, 11) is 0. The van der Waals surface area contributed by atoms with Gasteiger partial charge in [-0.15, -0.1) is 0 Å². The quantitative estimate of drug-likeness (QED) is 0.188. The molecule has 1 amide bonds. The number of carboxylic acid groups (broad SMARTS) is 1. The maximum atomic E-state index is 13.6. The Morgan fingerprint density at radius 3 is 2.45 bits per heavy atom. The molecule has 2 atom stereocenters. The zero-order chi connectivity index (χ0) is 30.5. The maximum Gasteiger partial charge on any atom is 0.326 e. The standard InChI is InChI=1S/C35H52N2O3S2/c1-6-42-24-29(20-27-13-8-7-9-14-27)37(22-25(2)3)23-28-16-17-31(32(21-28)30-15-11-10-12-26(30)4)34(38)36-33(35(39)40)18-19-41-5/h10-12,15-17,21,25,27,29,33H,6-9,13-14,18-20,22-24H2,1-5H3,(H,36,38)(H,39,40)/t29?,33-/m0/s1. The van der Waals surface area contributed by atoms with E-state index in [2.05, 4.69) is 62.2 Å². The van der Waals surface area contributed by atoms with Crippen LogP contribution in [0.2, 0.25) is 0 Å². The highest BCUT2D eigenvalue weighted by molar-refractivity contribution is 7.99. The van der Waals surface area contributed by atoms with Crippen molar-refractivity contribution >= 4 is 35.4 Å². The van der Waals surface area contributed by atoms with Gasteiger partial charge in [-0.1, -0.05) is 83.2 Å². The van der Waals surface area contributed by atoms with Crippen molar-refractivity contribution in [2.75, 3.05) is 30.1 Å². The van der Waals surface area contributed by atoms with Crippen LogP contribution < -0.4 is 5.32 Å². The Morgan fingerprint density at radius 1 is 1.07 bits per heavy atom. The summed E-state index contributed by atoms with van der Waals surface area (Å²) in [6.45, 7) is 10.8. The number of amides is 1. The Morgan fingerprint density at radius 2 is 1.81 bits per heavy atom. The van der Waals surface area contributed by atoms with E-state index in [1.807, 2.05) is 36.2 Å². The number of hydrogen-bond acceptors (Lipinski definition) is 5. The average Bonchev–Trinajstić information content (AvgIpc) is 2.97. The molecule has 3 rings (SSSR count). The summed E-state index contributed by atoms with van der Waals surface area (Å²) in [5.74, 6) is 3.00. The van der Waals surface area contributed by atoms with Crippen LogP contribution in [0, 0.1) is 18.8 Å². The molecule has 1 unspecified atom stereocenters. The molecule has 0 bridgehead atoms. The van der Waals surface area contributed by atoms with Crippen LogP contribution in [0.25, 0.3) is 11.1 Å². The van der Waals surface area contributed by atoms with Gasteiger partial charge in [-0.05, 0) is 83.7 Å². The molecule has 5 nitrogen and oxygen atoms in total. The molecule has 0 spiro atoms. The summed E-state index contributed by atoms with van der Waals surface area (Å²) in [4.78, 5) is 28.2. The van der Waals surface area contributed by atoms with Crippen LogP contribution >= 0.6 is 23.5 Å². The SMILES string of the molecule is CCSCC(CC1CCCCC1)N(Cc1ccc(C(=O)N[C@@H](CCSC)C(=O)O)c(-c2ccccc2C)c1)CC(C)C. The van der Waals surface area contributed by atoms with Crippen molar-refractivity contribution in [3.05, 3.63) is 59.2 Å². The molecule has 0 radical (unpaired) electrons. The van der Waals surface area contributed by atoms with Gasteiger partial charge >= 0.3 is 5.97 Å². The minimum absolute atomic E-state index is 0.332. The Kier molecular flexibility index (Phi) is 14.8. The lowest BCUT2D eigenvalue weighted by Crippen LogP contribution is -2.41. The minimum Gasteiger partial charge on any atom is -0.480 e. The van der Waals surface area contributed by atoms with Crippen molar-refractivity contribution in [2.45, 2.75) is 91.3 Å². The highest BCUT2D eigenvalue weighted by atomic mass is 32.2. The number of nitrogens with one attached hydrogen (secondary N) is 1. The second kappa shape index (κ2) is 18.0. The first kappa shape index (κ1) is 34.5. The number of rotatable bonds is 17. The summed E-state index contributed by atoms with van der Waals surface area (Å²) in [6.07, 6.45) is 10.4. The highest BCUT2D eigenvalue weighted by Gasteiger charge is 2.26. The van der Waals surface area contributed by atoms with Crippen LogP contribution in [0.5, 0.6) is 0 Å². The van der Waals surface area contributed by atoms with Gasteiger partial charge in [-0.2, -0.15) is 23.5 Å². The monoisotopic (exact) mass is 612 g/mol. The van der Waals surface area contributed by atoms with Gasteiger partial charge in [0.25, 0.3) is 5.91 Å². The van der Waals surface area contributed by atoms with E-state index >= 15 is 0 Å². The Bertz CT molecular complexity index is 1130. The van der Waals surface area contributed by atoms with Gasteiger partial charge in [0.15, 0.2) is 0 Å². The van der Waals surface area contributed by atoms with Crippen molar-refractivity contribution in [1.29, 1.82) is 0 Å². The number of carbonyl (C=O) groups is 2. The predicted octanol–water partition coefficient (Wildman–Crippen LogP) is 8.15. The smallest absolute Gasteiger partial charge is 0.326 e. The molecule has 1 aliphatic carbocycles. The van der Waals surface area contributed by atoms with Gasteiger partial charge in [0.05, 0.1) is 0 Å². The molecule has 2 N–H and O–H groups in total. The molecule has 0 heterocycles. The molecular formula is C35H52N2O3S2. The number of benzene rings is 2. The van der Waals surface area contributed by atoms with E-state index in [1.54, 1.807) is 11.8 Å². The lowest BCUT2D eigenvalue weighted by Gasteiger charge is -2.36. The van der Waals surface area contributed by atoms with Gasteiger partial charge in [0.2, 0.25) is 0 Å². The van der Waals surface area contributed by atoms with E-state index in [1.165, 1.54) is 44.1 Å². The number of carbonyl (C=O) groups excluding carboxylic acids is 1. The second-order valence-electron chi connectivity index (χ2n) is 12.2. The third kappa shape index (κ3) is 10.6. The highest BCUT2D eigenvalue weighted by Crippen LogP contribution is 2.32. The zero-order valence-corrected chi connectivity index (χ0v) is 28.0. The van der Waals surface area contributed by atoms with Gasteiger partial charge in [0.1, 0.15) is 6.04 Å². The van der Waals surface area contributed by atoms with Crippen molar-refractivity contribution < 1.29 is 14.7 Å². The normalized spacial score (nSPS) is 15.6. The summed E-state index contributed by atoms with van der Waals surface area (Å²) in [5.41, 5.74) is 4.69. The summed E-state index contributed by atoms with van der Waals surface area (Å²) in [5, 5.41) is 12.5. The van der Waals surface area contributed by atoms with Gasteiger partial charge in [-0.25, -0.2) is 4.79 Å². The van der Waals surface area contributed by atoms with E-state index < -0.39 is 12.0 Å². The van der Waals surface area contributed by atoms with Crippen molar-refractivity contribution in [3.8, 4) is 11.1 Å². The number of aryl methyl sites for hydroxylation is 1. The number of carboxylic acids is 1. The molecule has 2 aromatic rings. The molecule has 7 heteroatoms. The Labute approximate surface area is 263 Å². The molecule has 232 valence electrons. The molecule has 0 aromatic heterocycles. The average molecular weight is 613 g/mol. The zero-order valence-electron chi connectivity index (χ0n) is 26.4. The largest absolute Gasteiger partial charge is 0.480 e. The van der Waals surface area contributed by atoms with Crippen molar-refractivity contribution in [1.82, 2.24) is 10.2 Å². The number of hydrogen-bond donors (Lipinski definition) is 2. The first-order valence-corrected chi connectivity index (χ1v) is 18.3. The van der Waals surface area contributed by atoms with E-state index in [9.17, 15) is 14.7 Å². The topological polar surface area (TPSA) is 69.6 Å². The lowest BCUT2D eigenvalue weighted by molar-refractivity contribution is -0.139. The van der Waals surface area contributed by atoms with Gasteiger partial charge in [0, 0.05) is 30.4 Å². The van der Waals surface area contributed by atoms with Crippen LogP contribution in [0.15, 0.2) is 42.5 Å². The fourth-order valence-corrected chi connectivity index (χ4v) is 7.47. The van der Waals surface area contributed by atoms with Gasteiger partial charge < -0.3 is 10.4 Å². The fourth-order valence-electron chi connectivity index (χ4n) is 6.15. The van der Waals surface area contributed by atoms with Crippen LogP contribution in [-0.4, -0.2) is 64.0 Å². The molecular weight excluding hydrogens is 561 g/mol. The van der Waals surface area contributed by atoms with Crippen LogP contribution in [0.4, 0.5) is 0 Å². The lowest BCUT2D eigenvalue weighted by atomic mass is 9.84. The summed E-state index contributed by atoms with van der Waals surface area (Å²) >= 11 is 3.63. The molecule has 1 saturated carbocycles. The maximum absolute atomic E-state index is 13.6. The Balaban J connectivity index is 1.96. The van der Waals surface area contributed by atoms with E-state index in [4.69, 9.17) is 0 Å².